The topological polar surface area (TPSA) is 15.3 Å². The summed E-state index contributed by atoms with van der Waals surface area (Å²) in [4.78, 5) is 2.37. The van der Waals surface area contributed by atoms with Crippen molar-refractivity contribution in [2.75, 3.05) is 19.6 Å². The van der Waals surface area contributed by atoms with Gasteiger partial charge in [-0.2, -0.15) is 0 Å². The van der Waals surface area contributed by atoms with Crippen LogP contribution in [0.2, 0.25) is 0 Å². The maximum absolute atomic E-state index is 5.47. The summed E-state index contributed by atoms with van der Waals surface area (Å²) in [6, 6.07) is 0. The molecule has 1 unspecified atom stereocenters. The van der Waals surface area contributed by atoms with Gasteiger partial charge in [-0.1, -0.05) is 27.2 Å². The summed E-state index contributed by atoms with van der Waals surface area (Å²) < 4.78 is 0. The van der Waals surface area contributed by atoms with Crippen LogP contribution in [-0.2, 0) is 0 Å². The summed E-state index contributed by atoms with van der Waals surface area (Å²) in [7, 11) is 0. The van der Waals surface area contributed by atoms with E-state index in [1.54, 1.807) is 0 Å². The monoisotopic (exact) mass is 256 g/mol. The molecule has 1 N–H and O–H groups in total. The predicted octanol–water partition coefficient (Wildman–Crippen LogP) is 3.42. The van der Waals surface area contributed by atoms with E-state index in [0.29, 0.717) is 0 Å². The van der Waals surface area contributed by atoms with E-state index in [1.165, 1.54) is 32.1 Å². The van der Waals surface area contributed by atoms with E-state index < -0.39 is 0 Å². The molecule has 0 aromatic heterocycles. The number of likely N-dealkylation sites (tertiary alicyclic amines) is 1. The molecular formula is C14H28N2S. The largest absolute Gasteiger partial charge is 0.363 e. The summed E-state index contributed by atoms with van der Waals surface area (Å²) >= 11 is 5.47. The summed E-state index contributed by atoms with van der Waals surface area (Å²) in [5, 5.41) is 4.36. The number of thiocarbonyl (C=S) groups is 1. The van der Waals surface area contributed by atoms with Gasteiger partial charge in [-0.3, -0.25) is 0 Å². The van der Waals surface area contributed by atoms with Crippen molar-refractivity contribution in [3.63, 3.8) is 0 Å². The van der Waals surface area contributed by atoms with Crippen LogP contribution in [0.3, 0.4) is 0 Å². The second-order valence-electron chi connectivity index (χ2n) is 5.51. The lowest BCUT2D eigenvalue weighted by Gasteiger charge is -2.24. The average molecular weight is 256 g/mol. The normalized spacial score (nSPS) is 21.4. The predicted molar refractivity (Wildman–Crippen MR) is 79.3 cm³/mol. The third-order valence-corrected chi connectivity index (χ3v) is 4.21. The Morgan fingerprint density at radius 2 is 2.12 bits per heavy atom. The summed E-state index contributed by atoms with van der Waals surface area (Å²) in [5.41, 5.74) is 0. The van der Waals surface area contributed by atoms with Crippen LogP contribution in [0.1, 0.15) is 52.9 Å². The van der Waals surface area contributed by atoms with Crippen molar-refractivity contribution in [2.24, 2.45) is 11.8 Å². The van der Waals surface area contributed by atoms with Gasteiger partial charge in [-0.15, -0.1) is 0 Å². The van der Waals surface area contributed by atoms with E-state index in [2.05, 4.69) is 31.0 Å². The first-order valence-electron chi connectivity index (χ1n) is 7.18. The van der Waals surface area contributed by atoms with Gasteiger partial charge >= 0.3 is 0 Å². The van der Waals surface area contributed by atoms with E-state index in [0.717, 1.165) is 36.6 Å². The Labute approximate surface area is 112 Å². The molecule has 1 saturated heterocycles. The number of unbranched alkanes of at least 4 members (excludes halogenated alkanes) is 1. The molecule has 0 bridgehead atoms. The second kappa shape index (κ2) is 7.91. The van der Waals surface area contributed by atoms with Gasteiger partial charge in [0.15, 0.2) is 5.11 Å². The summed E-state index contributed by atoms with van der Waals surface area (Å²) in [6.45, 7) is 10.2. The van der Waals surface area contributed by atoms with Crippen LogP contribution in [0.25, 0.3) is 0 Å². The van der Waals surface area contributed by atoms with Crippen LogP contribution < -0.4 is 5.32 Å². The zero-order valence-corrected chi connectivity index (χ0v) is 12.5. The molecule has 0 aromatic carbocycles. The maximum atomic E-state index is 5.47. The molecule has 1 atom stereocenters. The molecular weight excluding hydrogens is 228 g/mol. The first kappa shape index (κ1) is 14.7. The Bertz CT molecular complexity index is 228. The van der Waals surface area contributed by atoms with Gasteiger partial charge in [0.2, 0.25) is 0 Å². The Morgan fingerprint density at radius 3 is 2.76 bits per heavy atom. The number of nitrogens with one attached hydrogen (secondary N) is 1. The zero-order valence-electron chi connectivity index (χ0n) is 11.7. The molecule has 1 aliphatic heterocycles. The van der Waals surface area contributed by atoms with Crippen molar-refractivity contribution in [3.8, 4) is 0 Å². The van der Waals surface area contributed by atoms with E-state index in [-0.39, 0.29) is 0 Å². The van der Waals surface area contributed by atoms with Crippen LogP contribution >= 0.6 is 12.2 Å². The van der Waals surface area contributed by atoms with E-state index in [9.17, 15) is 0 Å². The van der Waals surface area contributed by atoms with Crippen LogP contribution in [0, 0.1) is 11.8 Å². The molecule has 0 amide bonds. The number of rotatable bonds is 4. The zero-order chi connectivity index (χ0) is 12.7. The molecule has 1 aliphatic rings. The minimum atomic E-state index is 0.816. The van der Waals surface area contributed by atoms with Crippen LogP contribution in [0.4, 0.5) is 0 Å². The standard InChI is InChI=1S/C14H28N2S/c1-4-5-9-15-14(17)16-10-6-7-13(8-11-16)12(2)3/h12-13H,4-11H2,1-3H3,(H,15,17). The molecule has 17 heavy (non-hydrogen) atoms. The quantitative estimate of drug-likeness (QED) is 0.613. The van der Waals surface area contributed by atoms with E-state index in [1.807, 2.05) is 0 Å². The molecule has 0 saturated carbocycles. The first-order chi connectivity index (χ1) is 8.15. The lowest BCUT2D eigenvalue weighted by atomic mass is 9.89. The molecule has 1 heterocycles. The minimum Gasteiger partial charge on any atom is -0.363 e. The second-order valence-corrected chi connectivity index (χ2v) is 5.89. The van der Waals surface area contributed by atoms with Crippen LogP contribution in [-0.4, -0.2) is 29.6 Å². The average Bonchev–Trinajstić information content (AvgIpc) is 2.54. The van der Waals surface area contributed by atoms with Gasteiger partial charge in [-0.25, -0.2) is 0 Å². The van der Waals surface area contributed by atoms with Crippen molar-refractivity contribution in [1.29, 1.82) is 0 Å². The third kappa shape index (κ3) is 5.24. The lowest BCUT2D eigenvalue weighted by molar-refractivity contribution is 0.339. The molecule has 1 rings (SSSR count). The first-order valence-corrected chi connectivity index (χ1v) is 7.58. The van der Waals surface area contributed by atoms with Crippen molar-refractivity contribution in [1.82, 2.24) is 10.2 Å². The Morgan fingerprint density at radius 1 is 1.35 bits per heavy atom. The highest BCUT2D eigenvalue weighted by Crippen LogP contribution is 2.24. The Kier molecular flexibility index (Phi) is 6.86. The molecule has 0 aliphatic carbocycles. The van der Waals surface area contributed by atoms with Crippen LogP contribution in [0.5, 0.6) is 0 Å². The van der Waals surface area contributed by atoms with Gasteiger partial charge in [0, 0.05) is 19.6 Å². The van der Waals surface area contributed by atoms with Gasteiger partial charge in [-0.05, 0) is 49.7 Å². The highest BCUT2D eigenvalue weighted by Gasteiger charge is 2.20. The molecule has 1 fully saturated rings. The smallest absolute Gasteiger partial charge is 0.168 e. The van der Waals surface area contributed by atoms with Crippen molar-refractivity contribution >= 4 is 17.3 Å². The number of nitrogens with zero attached hydrogens (tertiary/aromatic N) is 1. The molecule has 0 aromatic rings. The third-order valence-electron chi connectivity index (χ3n) is 3.81. The summed E-state index contributed by atoms with van der Waals surface area (Å²) in [6.07, 6.45) is 6.39. The molecule has 100 valence electrons. The number of hydrogen-bond acceptors (Lipinski definition) is 1. The maximum Gasteiger partial charge on any atom is 0.168 e. The molecule has 2 nitrogen and oxygen atoms in total. The molecule has 3 heteroatoms. The number of hydrogen-bond donors (Lipinski definition) is 1. The highest BCUT2D eigenvalue weighted by molar-refractivity contribution is 7.80. The summed E-state index contributed by atoms with van der Waals surface area (Å²) in [5.74, 6) is 1.70. The van der Waals surface area contributed by atoms with Gasteiger partial charge in [0.1, 0.15) is 0 Å². The molecule has 0 spiro atoms. The van der Waals surface area contributed by atoms with Crippen molar-refractivity contribution < 1.29 is 0 Å². The van der Waals surface area contributed by atoms with E-state index >= 15 is 0 Å². The van der Waals surface area contributed by atoms with Crippen molar-refractivity contribution in [2.45, 2.75) is 52.9 Å². The Hall–Kier alpha value is -0.310. The fraction of sp³-hybridized carbons (Fsp3) is 0.929. The lowest BCUT2D eigenvalue weighted by Crippen LogP contribution is -2.40. The van der Waals surface area contributed by atoms with E-state index in [4.69, 9.17) is 12.2 Å². The van der Waals surface area contributed by atoms with Gasteiger partial charge < -0.3 is 10.2 Å². The molecule has 0 radical (unpaired) electrons. The Balaban J connectivity index is 2.32. The fourth-order valence-electron chi connectivity index (χ4n) is 2.48. The van der Waals surface area contributed by atoms with Crippen molar-refractivity contribution in [3.05, 3.63) is 0 Å². The minimum absolute atomic E-state index is 0.816. The van der Waals surface area contributed by atoms with Gasteiger partial charge in [0.05, 0.1) is 0 Å². The van der Waals surface area contributed by atoms with Gasteiger partial charge in [0.25, 0.3) is 0 Å². The highest BCUT2D eigenvalue weighted by atomic mass is 32.1. The van der Waals surface area contributed by atoms with Crippen LogP contribution in [0.15, 0.2) is 0 Å². The SMILES string of the molecule is CCCCNC(=S)N1CCCC(C(C)C)CC1. The fourth-order valence-corrected chi connectivity index (χ4v) is 2.76.